The lowest BCUT2D eigenvalue weighted by Crippen LogP contribution is -2.42. The minimum absolute atomic E-state index is 0.115. The van der Waals surface area contributed by atoms with Crippen molar-refractivity contribution in [1.29, 1.82) is 0 Å². The molecule has 8 nitrogen and oxygen atoms in total. The lowest BCUT2D eigenvalue weighted by atomic mass is 10.3. The molecular formula is C19H26N4O4S2. The van der Waals surface area contributed by atoms with Crippen LogP contribution in [-0.2, 0) is 21.2 Å². The Balaban J connectivity index is 1.77. The number of sulfonamides is 1. The lowest BCUT2D eigenvalue weighted by Gasteiger charge is -2.21. The Bertz CT molecular complexity index is 910. The number of hydrogen-bond acceptors (Lipinski definition) is 6. The van der Waals surface area contributed by atoms with Gasteiger partial charge in [-0.15, -0.1) is 11.3 Å². The zero-order valence-corrected chi connectivity index (χ0v) is 18.3. The number of amides is 3. The second-order valence-electron chi connectivity index (χ2n) is 6.63. The molecule has 1 aromatic heterocycles. The van der Waals surface area contributed by atoms with Crippen molar-refractivity contribution in [2.45, 2.75) is 31.2 Å². The summed E-state index contributed by atoms with van der Waals surface area (Å²) < 4.78 is 26.2. The summed E-state index contributed by atoms with van der Waals surface area (Å²) in [5, 5.41) is 9.70. The maximum atomic E-state index is 12.4. The van der Waals surface area contributed by atoms with Crippen LogP contribution >= 0.6 is 11.3 Å². The minimum Gasteiger partial charge on any atom is -0.376 e. The van der Waals surface area contributed by atoms with Crippen molar-refractivity contribution < 1.29 is 18.0 Å². The molecule has 0 fully saturated rings. The number of thiophene rings is 1. The van der Waals surface area contributed by atoms with Crippen LogP contribution in [0.1, 0.15) is 18.7 Å². The maximum absolute atomic E-state index is 12.4. The third kappa shape index (κ3) is 6.84. The summed E-state index contributed by atoms with van der Waals surface area (Å²) in [4.78, 5) is 24.9. The average molecular weight is 439 g/mol. The monoisotopic (exact) mass is 438 g/mol. The summed E-state index contributed by atoms with van der Waals surface area (Å²) >= 11 is 1.61. The molecule has 29 heavy (non-hydrogen) atoms. The molecule has 158 valence electrons. The van der Waals surface area contributed by atoms with Gasteiger partial charge in [0.1, 0.15) is 0 Å². The average Bonchev–Trinajstić information content (AvgIpc) is 3.19. The van der Waals surface area contributed by atoms with Crippen molar-refractivity contribution in [1.82, 2.24) is 14.9 Å². The van der Waals surface area contributed by atoms with Gasteiger partial charge in [0.05, 0.1) is 11.4 Å². The van der Waals surface area contributed by atoms with E-state index in [0.29, 0.717) is 18.7 Å². The van der Waals surface area contributed by atoms with Crippen LogP contribution in [0.25, 0.3) is 0 Å². The van der Waals surface area contributed by atoms with Gasteiger partial charge in [0, 0.05) is 30.2 Å². The molecule has 0 atom stereocenters. The fraction of sp³-hybridized carbons (Fsp3) is 0.368. The molecule has 0 unspecified atom stereocenters. The molecule has 0 aliphatic carbocycles. The van der Waals surface area contributed by atoms with E-state index in [0.717, 1.165) is 4.88 Å². The van der Waals surface area contributed by atoms with Gasteiger partial charge in [-0.1, -0.05) is 6.07 Å². The Morgan fingerprint density at radius 2 is 1.83 bits per heavy atom. The number of hydrogen-bond donors (Lipinski definition) is 3. The van der Waals surface area contributed by atoms with Crippen LogP contribution in [0.4, 0.5) is 10.5 Å². The van der Waals surface area contributed by atoms with Crippen LogP contribution < -0.4 is 16.0 Å². The van der Waals surface area contributed by atoms with E-state index in [1.54, 1.807) is 37.3 Å². The predicted molar refractivity (Wildman–Crippen MR) is 115 cm³/mol. The Kier molecular flexibility index (Phi) is 8.18. The normalized spacial score (nSPS) is 11.5. The molecule has 2 aromatic rings. The fourth-order valence-corrected chi connectivity index (χ4v) is 4.42. The van der Waals surface area contributed by atoms with Crippen LogP contribution in [0.3, 0.4) is 0 Å². The van der Waals surface area contributed by atoms with Crippen molar-refractivity contribution in [3.05, 3.63) is 46.7 Å². The SMILES string of the molecule is CC(C)N(C)S(=O)(=O)c1ccc(NCC(=O)NC(=O)NCCc2cccs2)cc1. The van der Waals surface area contributed by atoms with Gasteiger partial charge in [-0.2, -0.15) is 4.31 Å². The van der Waals surface area contributed by atoms with Crippen molar-refractivity contribution in [2.75, 3.05) is 25.5 Å². The molecule has 0 radical (unpaired) electrons. The summed E-state index contributed by atoms with van der Waals surface area (Å²) in [6, 6.07) is 9.34. The third-order valence-corrected chi connectivity index (χ3v) is 7.19. The van der Waals surface area contributed by atoms with Gasteiger partial charge in [0.2, 0.25) is 15.9 Å². The number of nitrogens with one attached hydrogen (secondary N) is 3. The quantitative estimate of drug-likeness (QED) is 0.557. The molecule has 0 spiro atoms. The molecule has 0 aliphatic rings. The number of rotatable bonds is 9. The van der Waals surface area contributed by atoms with E-state index < -0.39 is 22.0 Å². The van der Waals surface area contributed by atoms with Crippen LogP contribution in [0.2, 0.25) is 0 Å². The van der Waals surface area contributed by atoms with Gasteiger partial charge in [-0.25, -0.2) is 13.2 Å². The smallest absolute Gasteiger partial charge is 0.321 e. The largest absolute Gasteiger partial charge is 0.376 e. The molecule has 10 heteroatoms. The Morgan fingerprint density at radius 1 is 1.14 bits per heavy atom. The van der Waals surface area contributed by atoms with Crippen molar-refractivity contribution in [3.63, 3.8) is 0 Å². The summed E-state index contributed by atoms with van der Waals surface area (Å²) in [7, 11) is -2.02. The standard InChI is InChI=1S/C19H26N4O4S2/c1-14(2)23(3)29(26,27)17-8-6-15(7-9-17)21-13-18(24)22-19(25)20-11-10-16-5-4-12-28-16/h4-9,12,14,21H,10-11,13H2,1-3H3,(H2,20,22,24,25). The third-order valence-electron chi connectivity index (χ3n) is 4.20. The number of imide groups is 1. The van der Waals surface area contributed by atoms with E-state index in [4.69, 9.17) is 0 Å². The second-order valence-corrected chi connectivity index (χ2v) is 9.66. The Morgan fingerprint density at radius 3 is 2.41 bits per heavy atom. The molecule has 0 aliphatic heterocycles. The van der Waals surface area contributed by atoms with Crippen LogP contribution in [0, 0.1) is 0 Å². The minimum atomic E-state index is -3.55. The zero-order valence-electron chi connectivity index (χ0n) is 16.6. The van der Waals surface area contributed by atoms with E-state index in [1.165, 1.54) is 23.5 Å². The van der Waals surface area contributed by atoms with E-state index in [2.05, 4.69) is 16.0 Å². The Hall–Kier alpha value is -2.43. The van der Waals surface area contributed by atoms with Crippen LogP contribution in [-0.4, -0.2) is 50.8 Å². The highest BCUT2D eigenvalue weighted by Gasteiger charge is 2.22. The van der Waals surface area contributed by atoms with E-state index in [-0.39, 0.29) is 17.5 Å². The molecule has 2 rings (SSSR count). The molecule has 1 aromatic carbocycles. The topological polar surface area (TPSA) is 108 Å². The van der Waals surface area contributed by atoms with Crippen molar-refractivity contribution in [2.24, 2.45) is 0 Å². The number of nitrogens with zero attached hydrogens (tertiary/aromatic N) is 1. The summed E-state index contributed by atoms with van der Waals surface area (Å²) in [5.74, 6) is -0.491. The van der Waals surface area contributed by atoms with E-state index >= 15 is 0 Å². The number of anilines is 1. The molecular weight excluding hydrogens is 412 g/mol. The Labute approximate surface area is 175 Å². The first-order valence-electron chi connectivity index (χ1n) is 9.12. The molecule has 0 bridgehead atoms. The van der Waals surface area contributed by atoms with Gasteiger partial charge in [0.15, 0.2) is 0 Å². The first-order valence-corrected chi connectivity index (χ1v) is 11.4. The number of carbonyl (C=O) groups is 2. The number of urea groups is 1. The highest BCUT2D eigenvalue weighted by Crippen LogP contribution is 2.18. The summed E-state index contributed by atoms with van der Waals surface area (Å²) in [5.41, 5.74) is 0.574. The van der Waals surface area contributed by atoms with E-state index in [9.17, 15) is 18.0 Å². The van der Waals surface area contributed by atoms with Gasteiger partial charge in [-0.05, 0) is 56.0 Å². The maximum Gasteiger partial charge on any atom is 0.321 e. The lowest BCUT2D eigenvalue weighted by molar-refractivity contribution is -0.118. The summed E-state index contributed by atoms with van der Waals surface area (Å²) in [6.07, 6.45) is 0.707. The number of benzene rings is 1. The first-order chi connectivity index (χ1) is 13.7. The second kappa shape index (κ2) is 10.4. The van der Waals surface area contributed by atoms with Crippen LogP contribution in [0.15, 0.2) is 46.7 Å². The van der Waals surface area contributed by atoms with E-state index in [1.807, 2.05) is 17.5 Å². The van der Waals surface area contributed by atoms with Gasteiger partial charge < -0.3 is 10.6 Å². The molecule has 3 N–H and O–H groups in total. The van der Waals surface area contributed by atoms with Crippen molar-refractivity contribution in [3.8, 4) is 0 Å². The highest BCUT2D eigenvalue weighted by molar-refractivity contribution is 7.89. The van der Waals surface area contributed by atoms with Crippen LogP contribution in [0.5, 0.6) is 0 Å². The van der Waals surface area contributed by atoms with Gasteiger partial charge in [0.25, 0.3) is 0 Å². The highest BCUT2D eigenvalue weighted by atomic mass is 32.2. The predicted octanol–water partition coefficient (Wildman–Crippen LogP) is 2.26. The summed E-state index contributed by atoms with van der Waals surface area (Å²) in [6.45, 7) is 3.92. The first kappa shape index (κ1) is 22.9. The molecule has 0 saturated heterocycles. The number of carbonyl (C=O) groups excluding carboxylic acids is 2. The van der Waals surface area contributed by atoms with Gasteiger partial charge >= 0.3 is 6.03 Å². The van der Waals surface area contributed by atoms with Crippen molar-refractivity contribution >= 4 is 39.0 Å². The molecule has 1 heterocycles. The zero-order chi connectivity index (χ0) is 21.4. The van der Waals surface area contributed by atoms with Gasteiger partial charge in [-0.3, -0.25) is 10.1 Å². The molecule has 0 saturated carbocycles. The fourth-order valence-electron chi connectivity index (χ4n) is 2.34. The molecule has 3 amide bonds.